The van der Waals surface area contributed by atoms with Gasteiger partial charge in [0.1, 0.15) is 0 Å². The predicted molar refractivity (Wildman–Crippen MR) is 65.3 cm³/mol. The molecule has 16 heavy (non-hydrogen) atoms. The average Bonchev–Trinajstić information content (AvgIpc) is 2.79. The number of nitrogens with one attached hydrogen (secondary N) is 2. The number of thiophene rings is 1. The minimum absolute atomic E-state index is 0.188. The van der Waals surface area contributed by atoms with Gasteiger partial charge in [0.25, 0.3) is 5.91 Å². The second-order valence-corrected chi connectivity index (χ2v) is 5.10. The molecular weight excluding hydrogens is 246 g/mol. The number of aromatic nitrogens is 2. The number of amides is 1. The molecule has 6 heteroatoms. The highest BCUT2D eigenvalue weighted by molar-refractivity contribution is 7.18. The second kappa shape index (κ2) is 4.27. The van der Waals surface area contributed by atoms with Crippen LogP contribution < -0.4 is 5.32 Å². The first-order valence-electron chi connectivity index (χ1n) is 4.66. The van der Waals surface area contributed by atoms with Crippen LogP contribution in [0.15, 0.2) is 12.1 Å². The average molecular weight is 256 g/mol. The Morgan fingerprint density at radius 2 is 2.25 bits per heavy atom. The lowest BCUT2D eigenvalue weighted by Gasteiger charge is -2.00. The Kier molecular flexibility index (Phi) is 2.98. The molecule has 0 unspecified atom stereocenters. The molecule has 0 saturated heterocycles. The molecule has 0 saturated carbocycles. The summed E-state index contributed by atoms with van der Waals surface area (Å²) >= 11 is 7.00. The van der Waals surface area contributed by atoms with E-state index in [0.29, 0.717) is 15.0 Å². The van der Waals surface area contributed by atoms with E-state index in [4.69, 9.17) is 11.6 Å². The van der Waals surface area contributed by atoms with E-state index >= 15 is 0 Å². The molecule has 4 nitrogen and oxygen atoms in total. The summed E-state index contributed by atoms with van der Waals surface area (Å²) in [4.78, 5) is 12.3. The number of halogens is 1. The summed E-state index contributed by atoms with van der Waals surface area (Å²) in [6.07, 6.45) is 0. The topological polar surface area (TPSA) is 57.8 Å². The van der Waals surface area contributed by atoms with Gasteiger partial charge in [-0.1, -0.05) is 11.6 Å². The van der Waals surface area contributed by atoms with E-state index in [9.17, 15) is 4.79 Å². The second-order valence-electron chi connectivity index (χ2n) is 3.38. The third-order valence-corrected chi connectivity index (χ3v) is 3.51. The Morgan fingerprint density at radius 1 is 1.50 bits per heavy atom. The fraction of sp³-hybridized carbons (Fsp3) is 0.200. The molecular formula is C10H10ClN3OS. The number of nitrogens with zero attached hydrogens (tertiary/aromatic N) is 1. The molecule has 2 aromatic heterocycles. The summed E-state index contributed by atoms with van der Waals surface area (Å²) in [7, 11) is 0. The number of carbonyl (C=O) groups is 1. The van der Waals surface area contributed by atoms with Crippen molar-refractivity contribution >= 4 is 34.7 Å². The van der Waals surface area contributed by atoms with E-state index in [1.54, 1.807) is 12.1 Å². The van der Waals surface area contributed by atoms with Crippen molar-refractivity contribution in [1.29, 1.82) is 0 Å². The molecule has 0 aliphatic rings. The van der Waals surface area contributed by atoms with Gasteiger partial charge in [0.05, 0.1) is 9.21 Å². The van der Waals surface area contributed by atoms with Crippen LogP contribution in [-0.2, 0) is 0 Å². The van der Waals surface area contributed by atoms with Gasteiger partial charge >= 0.3 is 0 Å². The van der Waals surface area contributed by atoms with Crippen LogP contribution in [0.2, 0.25) is 4.34 Å². The fourth-order valence-corrected chi connectivity index (χ4v) is 2.15. The van der Waals surface area contributed by atoms with Crippen LogP contribution in [0.1, 0.15) is 20.9 Å². The van der Waals surface area contributed by atoms with Gasteiger partial charge in [0.2, 0.25) is 0 Å². The van der Waals surface area contributed by atoms with Crippen LogP contribution >= 0.6 is 22.9 Å². The minimum Gasteiger partial charge on any atom is -0.304 e. The molecule has 2 aromatic rings. The molecule has 0 spiro atoms. The maximum atomic E-state index is 11.8. The zero-order chi connectivity index (χ0) is 11.7. The number of anilines is 1. The highest BCUT2D eigenvalue weighted by Crippen LogP contribution is 2.23. The number of aryl methyl sites for hydroxylation is 1. The summed E-state index contributed by atoms with van der Waals surface area (Å²) < 4.78 is 0.597. The van der Waals surface area contributed by atoms with Gasteiger partial charge in [-0.3, -0.25) is 9.89 Å². The first-order valence-corrected chi connectivity index (χ1v) is 5.85. The lowest BCUT2D eigenvalue weighted by molar-refractivity contribution is 0.103. The summed E-state index contributed by atoms with van der Waals surface area (Å²) in [5, 5.41) is 9.54. The van der Waals surface area contributed by atoms with E-state index in [-0.39, 0.29) is 5.91 Å². The van der Waals surface area contributed by atoms with Crippen molar-refractivity contribution in [3.8, 4) is 0 Å². The molecule has 0 fully saturated rings. The van der Waals surface area contributed by atoms with Gasteiger partial charge in [0.15, 0.2) is 5.82 Å². The molecule has 84 valence electrons. The standard InChI is InChI=1S/C10H10ClN3OS/c1-5-6(2)13-14-9(5)12-10(15)7-3-4-8(11)16-7/h3-4H,1-2H3,(H2,12,13,14,15). The smallest absolute Gasteiger partial charge is 0.266 e. The Bertz CT molecular complexity index is 532. The Labute approximate surface area is 102 Å². The SMILES string of the molecule is Cc1[nH]nc(NC(=O)c2ccc(Cl)s2)c1C. The molecule has 0 radical (unpaired) electrons. The summed E-state index contributed by atoms with van der Waals surface area (Å²) in [5.74, 6) is 0.374. The van der Waals surface area contributed by atoms with Gasteiger partial charge in [-0.15, -0.1) is 11.3 Å². The van der Waals surface area contributed by atoms with Crippen LogP contribution in [0.25, 0.3) is 0 Å². The number of hydrogen-bond donors (Lipinski definition) is 2. The van der Waals surface area contributed by atoms with E-state index in [1.807, 2.05) is 13.8 Å². The van der Waals surface area contributed by atoms with E-state index < -0.39 is 0 Å². The van der Waals surface area contributed by atoms with Gasteiger partial charge in [0, 0.05) is 11.3 Å². The van der Waals surface area contributed by atoms with Crippen LogP contribution in [0.5, 0.6) is 0 Å². The monoisotopic (exact) mass is 255 g/mol. The molecule has 2 heterocycles. The summed E-state index contributed by atoms with van der Waals surface area (Å²) in [6, 6.07) is 3.39. The fourth-order valence-electron chi connectivity index (χ4n) is 1.21. The number of rotatable bonds is 2. The van der Waals surface area contributed by atoms with Gasteiger partial charge in [-0.25, -0.2) is 0 Å². The van der Waals surface area contributed by atoms with Crippen LogP contribution in [-0.4, -0.2) is 16.1 Å². The molecule has 2 N–H and O–H groups in total. The minimum atomic E-state index is -0.188. The molecule has 0 aliphatic heterocycles. The molecule has 0 aromatic carbocycles. The normalized spacial score (nSPS) is 10.4. The highest BCUT2D eigenvalue weighted by Gasteiger charge is 2.12. The third-order valence-electron chi connectivity index (χ3n) is 2.28. The van der Waals surface area contributed by atoms with E-state index in [0.717, 1.165) is 11.3 Å². The van der Waals surface area contributed by atoms with Crippen LogP contribution in [0.3, 0.4) is 0 Å². The molecule has 0 atom stereocenters. The van der Waals surface area contributed by atoms with Crippen LogP contribution in [0.4, 0.5) is 5.82 Å². The summed E-state index contributed by atoms with van der Waals surface area (Å²) in [6.45, 7) is 3.80. The maximum absolute atomic E-state index is 11.8. The van der Waals surface area contributed by atoms with Crippen molar-refractivity contribution in [1.82, 2.24) is 10.2 Å². The van der Waals surface area contributed by atoms with E-state index in [2.05, 4.69) is 15.5 Å². The lowest BCUT2D eigenvalue weighted by atomic mass is 10.3. The largest absolute Gasteiger partial charge is 0.304 e. The number of hydrogen-bond acceptors (Lipinski definition) is 3. The summed E-state index contributed by atoms with van der Waals surface area (Å²) in [5.41, 5.74) is 1.88. The third kappa shape index (κ3) is 2.10. The Hall–Kier alpha value is -1.33. The highest BCUT2D eigenvalue weighted by atomic mass is 35.5. The maximum Gasteiger partial charge on any atom is 0.266 e. The molecule has 0 bridgehead atoms. The molecule has 0 aliphatic carbocycles. The molecule has 1 amide bonds. The quantitative estimate of drug-likeness (QED) is 0.867. The van der Waals surface area contributed by atoms with E-state index in [1.165, 1.54) is 11.3 Å². The predicted octanol–water partition coefficient (Wildman–Crippen LogP) is 2.99. The Balaban J connectivity index is 2.17. The van der Waals surface area contributed by atoms with Crippen molar-refractivity contribution in [2.45, 2.75) is 13.8 Å². The van der Waals surface area contributed by atoms with Crippen molar-refractivity contribution in [2.75, 3.05) is 5.32 Å². The van der Waals surface area contributed by atoms with Gasteiger partial charge in [-0.05, 0) is 26.0 Å². The molecule has 2 rings (SSSR count). The van der Waals surface area contributed by atoms with Crippen molar-refractivity contribution < 1.29 is 4.79 Å². The zero-order valence-corrected chi connectivity index (χ0v) is 10.4. The Morgan fingerprint density at radius 3 is 2.75 bits per heavy atom. The first-order chi connectivity index (χ1) is 7.58. The lowest BCUT2D eigenvalue weighted by Crippen LogP contribution is -2.11. The zero-order valence-electron chi connectivity index (χ0n) is 8.80. The van der Waals surface area contributed by atoms with Gasteiger partial charge < -0.3 is 5.32 Å². The van der Waals surface area contributed by atoms with Crippen molar-refractivity contribution in [3.63, 3.8) is 0 Å². The first kappa shape index (κ1) is 11.2. The number of aromatic amines is 1. The van der Waals surface area contributed by atoms with Crippen molar-refractivity contribution in [3.05, 3.63) is 32.6 Å². The number of carbonyl (C=O) groups excluding carboxylic acids is 1. The van der Waals surface area contributed by atoms with Crippen molar-refractivity contribution in [2.24, 2.45) is 0 Å². The van der Waals surface area contributed by atoms with Gasteiger partial charge in [-0.2, -0.15) is 5.10 Å². The number of H-pyrrole nitrogens is 1. The van der Waals surface area contributed by atoms with Crippen LogP contribution in [0, 0.1) is 13.8 Å².